The van der Waals surface area contributed by atoms with Gasteiger partial charge in [-0.15, -0.1) is 0 Å². The molecule has 2 heterocycles. The number of guanidine groups is 1. The molecule has 1 aromatic carbocycles. The fraction of sp³-hybridized carbons (Fsp3) is 0.357. The Morgan fingerprint density at radius 2 is 2.09 bits per heavy atom. The van der Waals surface area contributed by atoms with E-state index in [4.69, 9.17) is 9.47 Å². The van der Waals surface area contributed by atoms with Crippen molar-refractivity contribution in [1.29, 1.82) is 0 Å². The number of hydrogen-bond donors (Lipinski definition) is 2. The second kappa shape index (κ2) is 6.33. The molecule has 0 saturated heterocycles. The Kier molecular flexibility index (Phi) is 4.08. The van der Waals surface area contributed by atoms with Gasteiger partial charge in [-0.1, -0.05) is 6.07 Å². The summed E-state index contributed by atoms with van der Waals surface area (Å²) in [4.78, 5) is 8.34. The minimum Gasteiger partial charge on any atom is -0.454 e. The van der Waals surface area contributed by atoms with Crippen molar-refractivity contribution in [2.24, 2.45) is 12.0 Å². The summed E-state index contributed by atoms with van der Waals surface area (Å²) in [6.07, 6.45) is 1.53. The summed E-state index contributed by atoms with van der Waals surface area (Å²) < 4.78 is 12.4. The molecular weight excluding hydrogens is 284 g/mol. The molecule has 1 aliphatic heterocycles. The van der Waals surface area contributed by atoms with Crippen LogP contribution in [0.1, 0.15) is 11.4 Å². The van der Waals surface area contributed by atoms with Crippen molar-refractivity contribution in [1.82, 2.24) is 25.4 Å². The van der Waals surface area contributed by atoms with Crippen LogP contribution in [0.3, 0.4) is 0 Å². The summed E-state index contributed by atoms with van der Waals surface area (Å²) in [7, 11) is 3.58. The van der Waals surface area contributed by atoms with Crippen LogP contribution in [0.15, 0.2) is 29.5 Å². The van der Waals surface area contributed by atoms with Crippen molar-refractivity contribution in [2.75, 3.05) is 13.8 Å². The lowest BCUT2D eigenvalue weighted by molar-refractivity contribution is 0.174. The lowest BCUT2D eigenvalue weighted by Gasteiger charge is -2.11. The van der Waals surface area contributed by atoms with Crippen molar-refractivity contribution in [2.45, 2.75) is 13.1 Å². The third-order valence-corrected chi connectivity index (χ3v) is 3.34. The van der Waals surface area contributed by atoms with Gasteiger partial charge in [-0.2, -0.15) is 5.10 Å². The van der Waals surface area contributed by atoms with Gasteiger partial charge in [0.2, 0.25) is 6.79 Å². The van der Waals surface area contributed by atoms with E-state index in [1.165, 1.54) is 6.33 Å². The van der Waals surface area contributed by atoms with Crippen LogP contribution < -0.4 is 20.1 Å². The molecule has 22 heavy (non-hydrogen) atoms. The predicted octanol–water partition coefficient (Wildman–Crippen LogP) is 0.409. The van der Waals surface area contributed by atoms with E-state index in [0.717, 1.165) is 22.9 Å². The fourth-order valence-electron chi connectivity index (χ4n) is 2.10. The fourth-order valence-corrected chi connectivity index (χ4v) is 2.10. The SMILES string of the molecule is CN=C(NCc1ccc2c(c1)OCO2)NCc1ncnn1C. The highest BCUT2D eigenvalue weighted by molar-refractivity contribution is 5.79. The molecule has 1 aliphatic rings. The molecule has 0 atom stereocenters. The summed E-state index contributed by atoms with van der Waals surface area (Å²) in [6.45, 7) is 1.47. The molecule has 3 rings (SSSR count). The van der Waals surface area contributed by atoms with Gasteiger partial charge in [-0.3, -0.25) is 9.67 Å². The topological polar surface area (TPSA) is 85.6 Å². The number of nitrogens with one attached hydrogen (secondary N) is 2. The highest BCUT2D eigenvalue weighted by Gasteiger charge is 2.13. The molecule has 2 aromatic rings. The van der Waals surface area contributed by atoms with Crippen LogP contribution in [0, 0.1) is 0 Å². The number of aryl methyl sites for hydroxylation is 1. The number of aliphatic imine (C=N–C) groups is 1. The Morgan fingerprint density at radius 1 is 1.27 bits per heavy atom. The van der Waals surface area contributed by atoms with Crippen molar-refractivity contribution in [3.63, 3.8) is 0 Å². The molecular formula is C14H18N6O2. The second-order valence-electron chi connectivity index (χ2n) is 4.77. The zero-order valence-corrected chi connectivity index (χ0v) is 12.5. The molecule has 8 heteroatoms. The van der Waals surface area contributed by atoms with Crippen molar-refractivity contribution in [3.05, 3.63) is 35.9 Å². The lowest BCUT2D eigenvalue weighted by Crippen LogP contribution is -2.36. The average molecular weight is 302 g/mol. The summed E-state index contributed by atoms with van der Waals surface area (Å²) in [5.41, 5.74) is 1.09. The van der Waals surface area contributed by atoms with E-state index in [9.17, 15) is 0 Å². The summed E-state index contributed by atoms with van der Waals surface area (Å²) in [6, 6.07) is 5.87. The molecule has 1 aromatic heterocycles. The zero-order chi connectivity index (χ0) is 15.4. The van der Waals surface area contributed by atoms with Crippen LogP contribution in [-0.2, 0) is 20.1 Å². The van der Waals surface area contributed by atoms with Crippen LogP contribution in [-0.4, -0.2) is 34.6 Å². The monoisotopic (exact) mass is 302 g/mol. The Morgan fingerprint density at radius 3 is 2.86 bits per heavy atom. The minimum atomic E-state index is 0.285. The summed E-state index contributed by atoms with van der Waals surface area (Å²) in [5.74, 6) is 3.10. The number of nitrogens with zero attached hydrogens (tertiary/aromatic N) is 4. The van der Waals surface area contributed by atoms with E-state index >= 15 is 0 Å². The molecule has 0 amide bonds. The second-order valence-corrected chi connectivity index (χ2v) is 4.77. The summed E-state index contributed by atoms with van der Waals surface area (Å²) >= 11 is 0. The molecule has 8 nitrogen and oxygen atoms in total. The van der Waals surface area contributed by atoms with Gasteiger partial charge in [-0.25, -0.2) is 4.98 Å². The molecule has 0 bridgehead atoms. The van der Waals surface area contributed by atoms with Gasteiger partial charge in [0.15, 0.2) is 17.5 Å². The Labute approximate surface area is 128 Å². The normalized spacial score (nSPS) is 13.3. The maximum absolute atomic E-state index is 5.37. The van der Waals surface area contributed by atoms with Crippen LogP contribution in [0.4, 0.5) is 0 Å². The highest BCUT2D eigenvalue weighted by Crippen LogP contribution is 2.32. The molecule has 116 valence electrons. The molecule has 0 saturated carbocycles. The van der Waals surface area contributed by atoms with E-state index in [1.54, 1.807) is 11.7 Å². The first kappa shape index (κ1) is 14.2. The number of ether oxygens (including phenoxy) is 2. The van der Waals surface area contributed by atoms with Gasteiger partial charge in [0.05, 0.1) is 6.54 Å². The van der Waals surface area contributed by atoms with E-state index in [-0.39, 0.29) is 6.79 Å². The number of rotatable bonds is 4. The average Bonchev–Trinajstić information content (AvgIpc) is 3.15. The first-order valence-corrected chi connectivity index (χ1v) is 6.92. The van der Waals surface area contributed by atoms with Crippen LogP contribution in [0.25, 0.3) is 0 Å². The van der Waals surface area contributed by atoms with Gasteiger partial charge in [0, 0.05) is 20.6 Å². The third kappa shape index (κ3) is 3.11. The summed E-state index contributed by atoms with van der Waals surface area (Å²) in [5, 5.41) is 10.5. The van der Waals surface area contributed by atoms with Gasteiger partial charge in [0.1, 0.15) is 12.2 Å². The molecule has 2 N–H and O–H groups in total. The minimum absolute atomic E-state index is 0.285. The molecule has 0 aliphatic carbocycles. The third-order valence-electron chi connectivity index (χ3n) is 3.34. The maximum atomic E-state index is 5.37. The molecule has 0 spiro atoms. The lowest BCUT2D eigenvalue weighted by atomic mass is 10.2. The number of benzene rings is 1. The number of fused-ring (bicyclic) bond motifs is 1. The number of hydrogen-bond acceptors (Lipinski definition) is 5. The van der Waals surface area contributed by atoms with Gasteiger partial charge in [-0.05, 0) is 17.7 Å². The number of aromatic nitrogens is 3. The largest absolute Gasteiger partial charge is 0.454 e. The molecule has 0 unspecified atom stereocenters. The first-order valence-electron chi connectivity index (χ1n) is 6.92. The van der Waals surface area contributed by atoms with Crippen LogP contribution in [0.5, 0.6) is 11.5 Å². The highest BCUT2D eigenvalue weighted by atomic mass is 16.7. The predicted molar refractivity (Wildman–Crippen MR) is 80.6 cm³/mol. The Hall–Kier alpha value is -2.77. The van der Waals surface area contributed by atoms with Gasteiger partial charge in [0.25, 0.3) is 0 Å². The van der Waals surface area contributed by atoms with E-state index in [2.05, 4.69) is 25.7 Å². The van der Waals surface area contributed by atoms with Crippen LogP contribution in [0.2, 0.25) is 0 Å². The van der Waals surface area contributed by atoms with Gasteiger partial charge >= 0.3 is 0 Å². The molecule has 0 radical (unpaired) electrons. The Bertz CT molecular complexity index is 682. The van der Waals surface area contributed by atoms with E-state index in [0.29, 0.717) is 19.0 Å². The maximum Gasteiger partial charge on any atom is 0.231 e. The molecule has 0 fully saturated rings. The van der Waals surface area contributed by atoms with Crippen molar-refractivity contribution < 1.29 is 9.47 Å². The zero-order valence-electron chi connectivity index (χ0n) is 12.5. The van der Waals surface area contributed by atoms with Gasteiger partial charge < -0.3 is 20.1 Å². The van der Waals surface area contributed by atoms with Crippen molar-refractivity contribution in [3.8, 4) is 11.5 Å². The van der Waals surface area contributed by atoms with Crippen LogP contribution >= 0.6 is 0 Å². The smallest absolute Gasteiger partial charge is 0.231 e. The standard InChI is InChI=1S/C14H18N6O2/c1-15-14(17-7-13-18-8-19-20(13)2)16-6-10-3-4-11-12(5-10)22-9-21-11/h3-5,8H,6-7,9H2,1-2H3,(H2,15,16,17). The first-order chi connectivity index (χ1) is 10.8. The Balaban J connectivity index is 1.54. The van der Waals surface area contributed by atoms with Crippen molar-refractivity contribution >= 4 is 5.96 Å². The van der Waals surface area contributed by atoms with E-state index in [1.807, 2.05) is 25.2 Å². The quantitative estimate of drug-likeness (QED) is 0.628. The van der Waals surface area contributed by atoms with E-state index < -0.39 is 0 Å².